The van der Waals surface area contributed by atoms with Gasteiger partial charge in [0.2, 0.25) is 0 Å². The zero-order valence-corrected chi connectivity index (χ0v) is 81.3. The van der Waals surface area contributed by atoms with Crippen LogP contribution in [0.15, 0.2) is 582 Å². The number of nitrogens with zero attached hydrogens (tertiary/aromatic N) is 2. The molecule has 0 amide bonds. The van der Waals surface area contributed by atoms with Gasteiger partial charge in [-0.15, -0.1) is 0 Å². The minimum atomic E-state index is -0.748. The summed E-state index contributed by atoms with van der Waals surface area (Å²) in [5.41, 5.74) is 40.1. The molecular weight excluding hydrogens is 1780 g/mol. The number of benzene rings is 26. The van der Waals surface area contributed by atoms with Gasteiger partial charge in [-0.1, -0.05) is 504 Å². The maximum absolute atomic E-state index is 2.63. The summed E-state index contributed by atoms with van der Waals surface area (Å²) < 4.78 is 0. The highest BCUT2D eigenvalue weighted by Crippen LogP contribution is 2.63. The highest BCUT2D eigenvalue weighted by Gasteiger charge is 2.49. The summed E-state index contributed by atoms with van der Waals surface area (Å²) in [4.78, 5) is 5.22. The second-order valence-corrected chi connectivity index (χ2v) is 39.4. The van der Waals surface area contributed by atoms with Crippen molar-refractivity contribution < 1.29 is 0 Å². The van der Waals surface area contributed by atoms with E-state index in [1.165, 1.54) is 127 Å². The molecule has 2 heteroatoms. The van der Waals surface area contributed by atoms with Crippen molar-refractivity contribution in [2.75, 3.05) is 9.80 Å². The van der Waals surface area contributed by atoms with Crippen molar-refractivity contribution in [3.8, 4) is 122 Å². The highest BCUT2D eigenvalue weighted by atomic mass is 15.2. The lowest BCUT2D eigenvalue weighted by Gasteiger charge is -2.36. The van der Waals surface area contributed by atoms with Crippen LogP contribution in [-0.4, -0.2) is 0 Å². The third-order valence-electron chi connectivity index (χ3n) is 31.6. The van der Waals surface area contributed by atoms with E-state index in [1.54, 1.807) is 0 Å². The zero-order valence-electron chi connectivity index (χ0n) is 81.3. The Morgan fingerprint density at radius 1 is 0.122 bits per heavy atom. The summed E-state index contributed by atoms with van der Waals surface area (Å²) in [7, 11) is 0. The summed E-state index contributed by atoms with van der Waals surface area (Å²) in [5, 5.41) is 14.0. The summed E-state index contributed by atoms with van der Waals surface area (Å²) in [6.45, 7) is 0. The molecule has 28 rings (SSSR count). The standard InChI is InChI=1S/C146H96N2/c1-10-39-97(40-11-1)107-75-84-126-128-87-80-117(95-139(128)145(137(126)92-107,111-52-20-6-21-53-111)112-54-22-7-23-55-112)147(143-133-66-36-32-62-124(133)122-60-30-34-64-131(122)141(143)110-70-69-99-43-28-29-50-104(99)90-110)115-77-71-103(72-78-115)119-82-74-106(91-135(119)101-46-16-4-17-47-101)105-73-83-121-109(89-105)51-38-68-130(121)142-132-65-35-31-61-123(132)125-63-33-37-67-134(125)144(142)148(116-79-86-120(100-44-14-3-15-45-100)136(94-116)102-48-18-5-19-49-102)118-81-88-129-127-85-76-108(98-41-12-2-13-42-98)93-138(127)146(140(129)96-118,113-56-24-8-25-57-113)114-58-26-9-27-59-114/h1-96H. The molecule has 0 aromatic heterocycles. The minimum Gasteiger partial charge on any atom is -0.309 e. The van der Waals surface area contributed by atoms with Crippen LogP contribution in [0.2, 0.25) is 0 Å². The first-order valence-electron chi connectivity index (χ1n) is 51.4. The van der Waals surface area contributed by atoms with E-state index in [4.69, 9.17) is 0 Å². The molecule has 0 saturated heterocycles. The van der Waals surface area contributed by atoms with Gasteiger partial charge in [0.25, 0.3) is 0 Å². The fourth-order valence-corrected chi connectivity index (χ4v) is 25.0. The third kappa shape index (κ3) is 14.2. The highest BCUT2D eigenvalue weighted by molar-refractivity contribution is 6.26. The molecule has 26 aromatic carbocycles. The lowest BCUT2D eigenvalue weighted by molar-refractivity contribution is 0.768. The summed E-state index contributed by atoms with van der Waals surface area (Å²) in [6.07, 6.45) is 0. The first-order valence-corrected chi connectivity index (χ1v) is 51.4. The Balaban J connectivity index is 0.624. The monoisotopic (exact) mass is 1880 g/mol. The van der Waals surface area contributed by atoms with E-state index in [9.17, 15) is 0 Å². The molecule has 0 atom stereocenters. The maximum atomic E-state index is 2.63. The number of anilines is 6. The van der Waals surface area contributed by atoms with Crippen LogP contribution in [0.25, 0.3) is 187 Å². The fourth-order valence-electron chi connectivity index (χ4n) is 25.0. The molecule has 2 aliphatic rings. The number of rotatable bonds is 19. The molecule has 0 fully saturated rings. The average Bonchev–Trinajstić information content (AvgIpc) is 1.54. The minimum absolute atomic E-state index is 0.727. The van der Waals surface area contributed by atoms with Gasteiger partial charge in [0.05, 0.1) is 22.2 Å². The van der Waals surface area contributed by atoms with Gasteiger partial charge < -0.3 is 9.80 Å². The van der Waals surface area contributed by atoms with E-state index < -0.39 is 10.8 Å². The van der Waals surface area contributed by atoms with Gasteiger partial charge in [-0.2, -0.15) is 0 Å². The van der Waals surface area contributed by atoms with Gasteiger partial charge in [-0.3, -0.25) is 0 Å². The molecule has 148 heavy (non-hydrogen) atoms. The van der Waals surface area contributed by atoms with Crippen molar-refractivity contribution in [2.45, 2.75) is 10.8 Å². The maximum Gasteiger partial charge on any atom is 0.0714 e. The molecular formula is C146H96N2. The molecule has 0 aliphatic heterocycles. The lowest BCUT2D eigenvalue weighted by Crippen LogP contribution is -2.29. The molecule has 690 valence electrons. The van der Waals surface area contributed by atoms with E-state index in [-0.39, 0.29) is 0 Å². The van der Waals surface area contributed by atoms with Crippen LogP contribution >= 0.6 is 0 Å². The Morgan fingerprint density at radius 2 is 0.405 bits per heavy atom. The Labute approximate surface area is 862 Å². The van der Waals surface area contributed by atoms with Crippen LogP contribution in [0, 0.1) is 0 Å². The predicted molar refractivity (Wildman–Crippen MR) is 624 cm³/mol. The number of fused-ring (bicyclic) bond motifs is 14. The van der Waals surface area contributed by atoms with Crippen LogP contribution < -0.4 is 9.80 Å². The molecule has 2 aliphatic carbocycles. The molecule has 0 bridgehead atoms. The van der Waals surface area contributed by atoms with Gasteiger partial charge in [0.1, 0.15) is 0 Å². The van der Waals surface area contributed by atoms with E-state index in [0.29, 0.717) is 0 Å². The summed E-state index contributed by atoms with van der Waals surface area (Å²) in [6, 6.07) is 219. The van der Waals surface area contributed by atoms with Crippen LogP contribution in [0.3, 0.4) is 0 Å². The Hall–Kier alpha value is -19.1. The molecule has 26 aromatic rings. The topological polar surface area (TPSA) is 6.48 Å². The quantitative estimate of drug-likeness (QED) is 0.0745. The van der Waals surface area contributed by atoms with Crippen molar-refractivity contribution in [3.63, 3.8) is 0 Å². The Morgan fingerprint density at radius 3 is 0.872 bits per heavy atom. The van der Waals surface area contributed by atoms with E-state index in [0.717, 1.165) is 139 Å². The molecule has 2 nitrogen and oxygen atoms in total. The molecule has 0 radical (unpaired) electrons. The third-order valence-corrected chi connectivity index (χ3v) is 31.6. The van der Waals surface area contributed by atoms with Crippen LogP contribution in [0.5, 0.6) is 0 Å². The smallest absolute Gasteiger partial charge is 0.0714 e. The molecule has 0 heterocycles. The predicted octanol–water partition coefficient (Wildman–Crippen LogP) is 39.3. The molecule has 0 spiro atoms. The van der Waals surface area contributed by atoms with Crippen molar-refractivity contribution in [2.24, 2.45) is 0 Å². The molecule has 0 unspecified atom stereocenters. The first-order chi connectivity index (χ1) is 73.4. The van der Waals surface area contributed by atoms with E-state index in [2.05, 4.69) is 592 Å². The molecule has 0 N–H and O–H groups in total. The largest absolute Gasteiger partial charge is 0.309 e. The SMILES string of the molecule is c1ccc(-c2ccc3c(c2)C(c2ccccc2)(c2ccccc2)c2cc(N(c4ccc(-c5ccc(-c6ccc7c(-c8c(N(c9ccc(-c%10ccccc%10)c(-c%10ccccc%10)c9)c9ccc%10c(c9)C(c9ccccc9)(c9ccccc9)c9cc(-c%11ccccc%11)ccc9-%10)c9ccccc9c9ccccc89)cccc7c6)cc5-c5ccccc5)cc4)c4c(-c5ccc6ccccc6c5)c5ccccc5c5ccccc45)ccc2-3)cc1. The average molecular weight is 1880 g/mol. The second kappa shape index (κ2) is 36.1. The van der Waals surface area contributed by atoms with Crippen LogP contribution in [-0.2, 0) is 10.8 Å². The van der Waals surface area contributed by atoms with Crippen molar-refractivity contribution in [3.05, 3.63) is 627 Å². The van der Waals surface area contributed by atoms with Gasteiger partial charge in [-0.05, 0) is 289 Å². The van der Waals surface area contributed by atoms with Gasteiger partial charge in [-0.25, -0.2) is 0 Å². The summed E-state index contributed by atoms with van der Waals surface area (Å²) >= 11 is 0. The number of hydrogen-bond donors (Lipinski definition) is 0. The van der Waals surface area contributed by atoms with Crippen LogP contribution in [0.4, 0.5) is 34.1 Å². The zero-order chi connectivity index (χ0) is 97.7. The Kier molecular flexibility index (Phi) is 21.1. The van der Waals surface area contributed by atoms with Crippen molar-refractivity contribution in [1.29, 1.82) is 0 Å². The van der Waals surface area contributed by atoms with Crippen molar-refractivity contribution in [1.82, 2.24) is 0 Å². The van der Waals surface area contributed by atoms with E-state index >= 15 is 0 Å². The van der Waals surface area contributed by atoms with Gasteiger partial charge in [0.15, 0.2) is 0 Å². The number of hydrogen-bond acceptors (Lipinski definition) is 2. The van der Waals surface area contributed by atoms with Gasteiger partial charge in [0, 0.05) is 44.6 Å². The van der Waals surface area contributed by atoms with Gasteiger partial charge >= 0.3 is 0 Å². The van der Waals surface area contributed by atoms with Crippen molar-refractivity contribution >= 4 is 98.8 Å². The Bertz CT molecular complexity index is 9590. The normalized spacial score (nSPS) is 12.6. The summed E-state index contributed by atoms with van der Waals surface area (Å²) in [5.74, 6) is 0. The molecule has 0 saturated carbocycles. The fraction of sp³-hybridized carbons (Fsp3) is 0.0137. The lowest BCUT2D eigenvalue weighted by atomic mass is 9.67. The first kappa shape index (κ1) is 86.7. The van der Waals surface area contributed by atoms with E-state index in [1.807, 2.05) is 0 Å². The van der Waals surface area contributed by atoms with Crippen LogP contribution in [0.1, 0.15) is 44.5 Å². The second-order valence-electron chi connectivity index (χ2n) is 39.4.